The van der Waals surface area contributed by atoms with E-state index in [2.05, 4.69) is 5.10 Å². The number of ether oxygens (including phenoxy) is 2. The Morgan fingerprint density at radius 3 is 2.69 bits per heavy atom. The van der Waals surface area contributed by atoms with Crippen LogP contribution in [0, 0.1) is 25.2 Å². The van der Waals surface area contributed by atoms with Gasteiger partial charge in [-0.25, -0.2) is 4.68 Å². The van der Waals surface area contributed by atoms with Gasteiger partial charge in [0.25, 0.3) is 5.56 Å². The number of aromatic nitrogens is 1. The molecule has 0 fully saturated rings. The zero-order valence-corrected chi connectivity index (χ0v) is 15.9. The number of nitrogens with zero attached hydrogens (tertiary/aromatic N) is 3. The average Bonchev–Trinajstić information content (AvgIpc) is 2.60. The van der Waals surface area contributed by atoms with Crippen LogP contribution in [0.1, 0.15) is 35.7 Å². The van der Waals surface area contributed by atoms with Gasteiger partial charge in [-0.1, -0.05) is 18.5 Å². The van der Waals surface area contributed by atoms with Crippen molar-refractivity contribution >= 4 is 17.8 Å². The molecule has 0 aliphatic carbocycles. The van der Waals surface area contributed by atoms with Gasteiger partial charge in [-0.3, -0.25) is 4.79 Å². The van der Waals surface area contributed by atoms with E-state index in [1.165, 1.54) is 18.0 Å². The summed E-state index contributed by atoms with van der Waals surface area (Å²) in [6.07, 6.45) is 2.34. The van der Waals surface area contributed by atoms with E-state index in [4.69, 9.17) is 26.3 Å². The number of hydrogen-bond donors (Lipinski definition) is 0. The van der Waals surface area contributed by atoms with Gasteiger partial charge in [0, 0.05) is 5.69 Å². The summed E-state index contributed by atoms with van der Waals surface area (Å²) in [5.41, 5.74) is 1.52. The van der Waals surface area contributed by atoms with Crippen molar-refractivity contribution in [2.24, 2.45) is 5.10 Å². The SMILES string of the molecule is CCCOc1c(Cl)cc(C=Nn2c(C)cc(C)c(C#N)c2=O)cc1OC. The largest absolute Gasteiger partial charge is 0.493 e. The van der Waals surface area contributed by atoms with Gasteiger partial charge in [0.2, 0.25) is 0 Å². The van der Waals surface area contributed by atoms with Gasteiger partial charge in [0.15, 0.2) is 11.5 Å². The Morgan fingerprint density at radius 1 is 1.35 bits per heavy atom. The summed E-state index contributed by atoms with van der Waals surface area (Å²) in [5.74, 6) is 0.960. The van der Waals surface area contributed by atoms with Gasteiger partial charge in [-0.05, 0) is 49.6 Å². The smallest absolute Gasteiger partial charge is 0.289 e. The predicted octanol–water partition coefficient (Wildman–Crippen LogP) is 3.67. The van der Waals surface area contributed by atoms with Gasteiger partial charge < -0.3 is 9.47 Å². The minimum atomic E-state index is -0.456. The number of benzene rings is 1. The Balaban J connectivity index is 2.45. The lowest BCUT2D eigenvalue weighted by atomic mass is 10.1. The topological polar surface area (TPSA) is 76.6 Å². The molecule has 136 valence electrons. The number of rotatable bonds is 6. The van der Waals surface area contributed by atoms with E-state index >= 15 is 0 Å². The molecule has 7 heteroatoms. The maximum Gasteiger partial charge on any atom is 0.289 e. The fourth-order valence-corrected chi connectivity index (χ4v) is 2.72. The van der Waals surface area contributed by atoms with E-state index in [0.29, 0.717) is 39.9 Å². The molecule has 2 rings (SSSR count). The highest BCUT2D eigenvalue weighted by Crippen LogP contribution is 2.36. The van der Waals surface area contributed by atoms with Crippen LogP contribution in [0.25, 0.3) is 0 Å². The summed E-state index contributed by atoms with van der Waals surface area (Å²) in [7, 11) is 1.53. The van der Waals surface area contributed by atoms with Gasteiger partial charge in [0.05, 0.1) is 25.0 Å². The molecular weight excluding hydrogens is 354 g/mol. The molecular formula is C19H20ClN3O3. The van der Waals surface area contributed by atoms with Crippen LogP contribution in [-0.2, 0) is 0 Å². The fraction of sp³-hybridized carbons (Fsp3) is 0.316. The summed E-state index contributed by atoms with van der Waals surface area (Å²) in [4.78, 5) is 12.4. The van der Waals surface area contributed by atoms with Crippen LogP contribution >= 0.6 is 11.6 Å². The van der Waals surface area contributed by atoms with Crippen molar-refractivity contribution in [3.8, 4) is 17.6 Å². The van der Waals surface area contributed by atoms with E-state index in [9.17, 15) is 4.79 Å². The molecule has 0 aliphatic heterocycles. The molecule has 6 nitrogen and oxygen atoms in total. The molecule has 0 aliphatic rings. The van der Waals surface area contributed by atoms with E-state index in [1.807, 2.05) is 13.0 Å². The molecule has 0 atom stereocenters. The zero-order chi connectivity index (χ0) is 19.3. The standard InChI is InChI=1S/C19H20ClN3O3/c1-5-6-26-18-16(20)8-14(9-17(18)25-4)11-22-23-13(3)7-12(2)15(10-21)19(23)24/h7-9,11H,5-6H2,1-4H3. The Labute approximate surface area is 157 Å². The minimum absolute atomic E-state index is 0.0756. The predicted molar refractivity (Wildman–Crippen MR) is 102 cm³/mol. The first-order valence-corrected chi connectivity index (χ1v) is 8.48. The summed E-state index contributed by atoms with van der Waals surface area (Å²) in [5, 5.41) is 13.7. The minimum Gasteiger partial charge on any atom is -0.493 e. The van der Waals surface area contributed by atoms with Crippen LogP contribution in [0.5, 0.6) is 11.5 Å². The van der Waals surface area contributed by atoms with Crippen LogP contribution in [0.3, 0.4) is 0 Å². The molecule has 0 spiro atoms. The fourth-order valence-electron chi connectivity index (χ4n) is 2.44. The van der Waals surface area contributed by atoms with E-state index in [1.54, 1.807) is 32.0 Å². The number of pyridine rings is 1. The molecule has 0 saturated carbocycles. The molecule has 0 N–H and O–H groups in total. The summed E-state index contributed by atoms with van der Waals surface area (Å²) < 4.78 is 12.1. The Hall–Kier alpha value is -2.78. The molecule has 2 aromatic rings. The van der Waals surface area contributed by atoms with E-state index in [-0.39, 0.29) is 5.56 Å². The van der Waals surface area contributed by atoms with Gasteiger partial charge in [-0.2, -0.15) is 10.4 Å². The van der Waals surface area contributed by atoms with Gasteiger partial charge in [-0.15, -0.1) is 0 Å². The molecule has 1 aromatic heterocycles. The van der Waals surface area contributed by atoms with Gasteiger partial charge >= 0.3 is 0 Å². The molecule has 0 unspecified atom stereocenters. The molecule has 1 aromatic carbocycles. The third-order valence-corrected chi connectivity index (χ3v) is 3.98. The number of hydrogen-bond acceptors (Lipinski definition) is 5. The number of methoxy groups -OCH3 is 1. The van der Waals surface area contributed by atoms with Crippen LogP contribution in [0.4, 0.5) is 0 Å². The molecule has 1 heterocycles. The van der Waals surface area contributed by atoms with E-state index in [0.717, 1.165) is 6.42 Å². The quantitative estimate of drug-likeness (QED) is 0.724. The second kappa shape index (κ2) is 8.54. The average molecular weight is 374 g/mol. The maximum absolute atomic E-state index is 12.4. The van der Waals surface area contributed by atoms with Crippen molar-refractivity contribution in [2.75, 3.05) is 13.7 Å². The third-order valence-electron chi connectivity index (χ3n) is 3.70. The lowest BCUT2D eigenvalue weighted by Gasteiger charge is -2.12. The van der Waals surface area contributed by atoms with Crippen molar-refractivity contribution in [3.05, 3.63) is 56.0 Å². The molecule has 0 bridgehead atoms. The summed E-state index contributed by atoms with van der Waals surface area (Å²) >= 11 is 6.28. The van der Waals surface area contributed by atoms with Crippen molar-refractivity contribution in [1.82, 2.24) is 4.68 Å². The van der Waals surface area contributed by atoms with Crippen LogP contribution in [0.2, 0.25) is 5.02 Å². The molecule has 0 radical (unpaired) electrons. The van der Waals surface area contributed by atoms with Crippen molar-refractivity contribution in [1.29, 1.82) is 5.26 Å². The number of halogens is 1. The van der Waals surface area contributed by atoms with Crippen molar-refractivity contribution < 1.29 is 9.47 Å². The Bertz CT molecular complexity index is 943. The maximum atomic E-state index is 12.4. The summed E-state index contributed by atoms with van der Waals surface area (Å²) in [6, 6.07) is 7.06. The number of nitriles is 1. The lowest BCUT2D eigenvalue weighted by molar-refractivity contribution is 0.294. The second-order valence-corrected chi connectivity index (χ2v) is 6.11. The highest BCUT2D eigenvalue weighted by Gasteiger charge is 2.12. The lowest BCUT2D eigenvalue weighted by Crippen LogP contribution is -2.22. The Kier molecular flexibility index (Phi) is 6.42. The molecule has 0 saturated heterocycles. The first-order valence-electron chi connectivity index (χ1n) is 8.11. The first kappa shape index (κ1) is 19.5. The second-order valence-electron chi connectivity index (χ2n) is 5.70. The van der Waals surface area contributed by atoms with Gasteiger partial charge in [0.1, 0.15) is 11.6 Å². The third kappa shape index (κ3) is 4.06. The molecule has 26 heavy (non-hydrogen) atoms. The van der Waals surface area contributed by atoms with Crippen molar-refractivity contribution in [3.63, 3.8) is 0 Å². The van der Waals surface area contributed by atoms with Crippen LogP contribution < -0.4 is 15.0 Å². The van der Waals surface area contributed by atoms with Crippen LogP contribution in [-0.4, -0.2) is 24.6 Å². The Morgan fingerprint density at radius 2 is 2.08 bits per heavy atom. The number of aryl methyl sites for hydroxylation is 2. The zero-order valence-electron chi connectivity index (χ0n) is 15.2. The monoisotopic (exact) mass is 373 g/mol. The van der Waals surface area contributed by atoms with Crippen LogP contribution in [0.15, 0.2) is 28.1 Å². The first-order chi connectivity index (χ1) is 12.4. The highest BCUT2D eigenvalue weighted by atomic mass is 35.5. The normalized spacial score (nSPS) is 10.8. The summed E-state index contributed by atoms with van der Waals surface area (Å²) in [6.45, 7) is 6.00. The molecule has 0 amide bonds. The van der Waals surface area contributed by atoms with Crippen molar-refractivity contribution in [2.45, 2.75) is 27.2 Å². The highest BCUT2D eigenvalue weighted by molar-refractivity contribution is 6.32. The van der Waals surface area contributed by atoms with E-state index < -0.39 is 5.56 Å².